The second-order valence-electron chi connectivity index (χ2n) is 9.69. The van der Waals surface area contributed by atoms with Crippen LogP contribution in [0.5, 0.6) is 0 Å². The first kappa shape index (κ1) is 24.4. The summed E-state index contributed by atoms with van der Waals surface area (Å²) in [6.07, 6.45) is 5.09. The molecule has 0 amide bonds. The molecule has 1 rings (SSSR count). The SMILES string of the molecule is CC(C)[Si](OC(/C=C/CCO)(c1ccccc1)[Si](C)(C)C)(C(C)C)C(C)C. The number of rotatable bonds is 10. The molecule has 1 aromatic carbocycles. The first-order chi connectivity index (χ1) is 12.5. The van der Waals surface area contributed by atoms with Crippen LogP contribution in [0.25, 0.3) is 0 Å². The Morgan fingerprint density at radius 3 is 1.78 bits per heavy atom. The fourth-order valence-electron chi connectivity index (χ4n) is 4.67. The Morgan fingerprint density at radius 2 is 1.41 bits per heavy atom. The normalized spacial score (nSPS) is 15.9. The van der Waals surface area contributed by atoms with Gasteiger partial charge in [0.25, 0.3) is 0 Å². The van der Waals surface area contributed by atoms with E-state index in [4.69, 9.17) is 4.43 Å². The minimum Gasteiger partial charge on any atom is -0.406 e. The molecule has 154 valence electrons. The maximum Gasteiger partial charge on any atom is 0.201 e. The summed E-state index contributed by atoms with van der Waals surface area (Å²) >= 11 is 0. The van der Waals surface area contributed by atoms with Crippen LogP contribution in [0.1, 0.15) is 53.5 Å². The van der Waals surface area contributed by atoms with Crippen molar-refractivity contribution in [2.45, 2.75) is 89.5 Å². The first-order valence-corrected chi connectivity index (χ1v) is 16.1. The van der Waals surface area contributed by atoms with Gasteiger partial charge in [-0.15, -0.1) is 0 Å². The Balaban J connectivity index is 3.75. The molecule has 0 fully saturated rings. The van der Waals surface area contributed by atoms with Crippen LogP contribution in [0.4, 0.5) is 0 Å². The molecule has 0 aliphatic rings. The molecule has 0 saturated carbocycles. The topological polar surface area (TPSA) is 29.5 Å². The average molecular weight is 407 g/mol. The van der Waals surface area contributed by atoms with Crippen LogP contribution in [-0.2, 0) is 9.65 Å². The molecule has 1 N–H and O–H groups in total. The van der Waals surface area contributed by atoms with Gasteiger partial charge in [-0.3, -0.25) is 0 Å². The quantitative estimate of drug-likeness (QED) is 0.338. The summed E-state index contributed by atoms with van der Waals surface area (Å²) in [6, 6.07) is 10.8. The van der Waals surface area contributed by atoms with Crippen molar-refractivity contribution in [1.82, 2.24) is 0 Å². The van der Waals surface area contributed by atoms with E-state index in [0.717, 1.165) is 0 Å². The van der Waals surface area contributed by atoms with Crippen molar-refractivity contribution in [2.24, 2.45) is 0 Å². The van der Waals surface area contributed by atoms with Crippen LogP contribution in [0.2, 0.25) is 36.3 Å². The van der Waals surface area contributed by atoms with Crippen LogP contribution in [-0.4, -0.2) is 28.1 Å². The highest BCUT2D eigenvalue weighted by Gasteiger charge is 2.54. The molecule has 0 aliphatic heterocycles. The summed E-state index contributed by atoms with van der Waals surface area (Å²) in [4.78, 5) is 0. The van der Waals surface area contributed by atoms with Crippen LogP contribution < -0.4 is 0 Å². The molecule has 0 spiro atoms. The second-order valence-corrected chi connectivity index (χ2v) is 20.3. The van der Waals surface area contributed by atoms with Crippen molar-refractivity contribution < 1.29 is 9.53 Å². The van der Waals surface area contributed by atoms with E-state index in [-0.39, 0.29) is 11.8 Å². The third-order valence-electron chi connectivity index (χ3n) is 6.01. The standard InChI is InChI=1S/C23H42O2Si2/c1-19(2)27(20(3)4,21(5)6)25-23(26(7,8)9,17-13-14-18-24)22-15-11-10-12-16-22/h10-13,15-17,19-21,24H,14,18H2,1-9H3/b17-13+. The molecule has 4 heteroatoms. The Kier molecular flexibility index (Phi) is 8.73. The van der Waals surface area contributed by atoms with Gasteiger partial charge in [0.05, 0.1) is 13.3 Å². The molecule has 0 saturated heterocycles. The molecule has 0 heterocycles. The summed E-state index contributed by atoms with van der Waals surface area (Å²) in [7, 11) is -3.93. The predicted octanol–water partition coefficient (Wildman–Crippen LogP) is 6.89. The number of benzene rings is 1. The van der Waals surface area contributed by atoms with Gasteiger partial charge in [-0.1, -0.05) is 104 Å². The predicted molar refractivity (Wildman–Crippen MR) is 124 cm³/mol. The van der Waals surface area contributed by atoms with Crippen molar-refractivity contribution in [3.05, 3.63) is 48.0 Å². The van der Waals surface area contributed by atoms with Crippen molar-refractivity contribution in [3.63, 3.8) is 0 Å². The maximum atomic E-state index is 9.36. The first-order valence-electron chi connectivity index (χ1n) is 10.5. The smallest absolute Gasteiger partial charge is 0.201 e. The van der Waals surface area contributed by atoms with Crippen molar-refractivity contribution >= 4 is 16.4 Å². The summed E-state index contributed by atoms with van der Waals surface area (Å²) in [5, 5.41) is 8.98. The van der Waals surface area contributed by atoms with E-state index in [1.54, 1.807) is 0 Å². The third kappa shape index (κ3) is 5.03. The summed E-state index contributed by atoms with van der Waals surface area (Å²) in [6.45, 7) is 21.5. The molecule has 2 nitrogen and oxygen atoms in total. The second kappa shape index (κ2) is 9.68. The van der Waals surface area contributed by atoms with Crippen LogP contribution in [0, 0.1) is 0 Å². The van der Waals surface area contributed by atoms with Crippen molar-refractivity contribution in [1.29, 1.82) is 0 Å². The molecule has 0 bridgehead atoms. The summed E-state index contributed by atoms with van der Waals surface area (Å²) < 4.78 is 7.54. The summed E-state index contributed by atoms with van der Waals surface area (Å²) in [5.74, 6) is 0. The molecule has 0 aliphatic carbocycles. The lowest BCUT2D eigenvalue weighted by molar-refractivity contribution is 0.165. The Hall–Kier alpha value is -0.686. The van der Waals surface area contributed by atoms with Gasteiger partial charge < -0.3 is 9.53 Å². The van der Waals surface area contributed by atoms with Gasteiger partial charge in [0.2, 0.25) is 8.32 Å². The fraction of sp³-hybridized carbons (Fsp3) is 0.652. The zero-order valence-electron chi connectivity index (χ0n) is 19.0. The van der Waals surface area contributed by atoms with Crippen LogP contribution in [0.15, 0.2) is 42.5 Å². The van der Waals surface area contributed by atoms with E-state index in [1.165, 1.54) is 5.56 Å². The molecule has 0 aromatic heterocycles. The van der Waals surface area contributed by atoms with E-state index >= 15 is 0 Å². The van der Waals surface area contributed by atoms with Crippen LogP contribution >= 0.6 is 0 Å². The molecule has 1 atom stereocenters. The minimum atomic E-state index is -2.09. The van der Waals surface area contributed by atoms with Gasteiger partial charge in [-0.25, -0.2) is 0 Å². The molecule has 1 unspecified atom stereocenters. The Labute approximate surface area is 170 Å². The van der Waals surface area contributed by atoms with Gasteiger partial charge >= 0.3 is 0 Å². The average Bonchev–Trinajstić information content (AvgIpc) is 2.56. The minimum absolute atomic E-state index is 0.175. The largest absolute Gasteiger partial charge is 0.406 e. The lowest BCUT2D eigenvalue weighted by atomic mass is 10.1. The zero-order valence-corrected chi connectivity index (χ0v) is 21.0. The van der Waals surface area contributed by atoms with Crippen molar-refractivity contribution in [3.8, 4) is 0 Å². The molecule has 0 radical (unpaired) electrons. The van der Waals surface area contributed by atoms with E-state index in [9.17, 15) is 5.11 Å². The number of aliphatic hydroxyl groups excluding tert-OH is 1. The van der Waals surface area contributed by atoms with E-state index < -0.39 is 16.4 Å². The maximum absolute atomic E-state index is 9.36. The molecular formula is C23H42O2Si2. The van der Waals surface area contributed by atoms with E-state index in [2.05, 4.69) is 104 Å². The zero-order chi connectivity index (χ0) is 20.9. The van der Waals surface area contributed by atoms with Crippen molar-refractivity contribution in [2.75, 3.05) is 6.61 Å². The Morgan fingerprint density at radius 1 is 0.926 bits per heavy atom. The molecular weight excluding hydrogens is 364 g/mol. The van der Waals surface area contributed by atoms with E-state index in [0.29, 0.717) is 23.0 Å². The third-order valence-corrected chi connectivity index (χ3v) is 15.1. The van der Waals surface area contributed by atoms with Gasteiger partial charge in [0.1, 0.15) is 0 Å². The number of aliphatic hydroxyl groups is 1. The lowest BCUT2D eigenvalue weighted by Crippen LogP contribution is -2.60. The van der Waals surface area contributed by atoms with Gasteiger partial charge in [-0.05, 0) is 28.6 Å². The van der Waals surface area contributed by atoms with Crippen LogP contribution in [0.3, 0.4) is 0 Å². The summed E-state index contributed by atoms with van der Waals surface area (Å²) in [5.41, 5.74) is 2.85. The number of hydrogen-bond acceptors (Lipinski definition) is 2. The molecule has 27 heavy (non-hydrogen) atoms. The van der Waals surface area contributed by atoms with Gasteiger partial charge in [-0.2, -0.15) is 0 Å². The van der Waals surface area contributed by atoms with Gasteiger partial charge in [0.15, 0.2) is 0 Å². The van der Waals surface area contributed by atoms with E-state index in [1.807, 2.05) is 0 Å². The highest BCUT2D eigenvalue weighted by atomic mass is 28.4. The highest BCUT2D eigenvalue weighted by molar-refractivity contribution is 6.82. The monoisotopic (exact) mass is 406 g/mol. The Bertz CT molecular complexity index is 566. The highest BCUT2D eigenvalue weighted by Crippen LogP contribution is 2.50. The number of hydrogen-bond donors (Lipinski definition) is 1. The van der Waals surface area contributed by atoms with Gasteiger partial charge in [0, 0.05) is 6.61 Å². The fourth-order valence-corrected chi connectivity index (χ4v) is 13.5. The lowest BCUT2D eigenvalue weighted by Gasteiger charge is -2.53. The molecule has 1 aromatic rings.